The summed E-state index contributed by atoms with van der Waals surface area (Å²) in [6.07, 6.45) is 3.67. The van der Waals surface area contributed by atoms with E-state index in [4.69, 9.17) is 15.5 Å². The lowest BCUT2D eigenvalue weighted by atomic mass is 9.73. The molecule has 0 saturated carbocycles. The molecule has 0 radical (unpaired) electrons. The number of hydrogen-bond donors (Lipinski definition) is 2. The highest BCUT2D eigenvalue weighted by atomic mass is 32.2. The smallest absolute Gasteiger partial charge is 0.376 e. The van der Waals surface area contributed by atoms with Gasteiger partial charge in [-0.3, -0.25) is 9.38 Å². The van der Waals surface area contributed by atoms with Crippen LogP contribution in [-0.2, 0) is 10.9 Å². The summed E-state index contributed by atoms with van der Waals surface area (Å²) in [6.45, 7) is 4.27. The molecule has 2 atom stereocenters. The van der Waals surface area contributed by atoms with Gasteiger partial charge in [0, 0.05) is 59.1 Å². The van der Waals surface area contributed by atoms with Gasteiger partial charge in [-0.05, 0) is 31.9 Å². The molecular weight excluding hydrogens is 479 g/mol. The van der Waals surface area contributed by atoms with Crippen LogP contribution < -0.4 is 10.6 Å². The number of hydrogen-bond acceptors (Lipinski definition) is 7. The van der Waals surface area contributed by atoms with Gasteiger partial charge in [-0.2, -0.15) is 18.2 Å². The quantitative estimate of drug-likeness (QED) is 0.434. The Kier molecular flexibility index (Phi) is 5.24. The second-order valence-corrected chi connectivity index (χ2v) is 10.3. The number of ether oxygens (including phenoxy) is 1. The molecule has 0 amide bonds. The molecule has 6 heterocycles. The summed E-state index contributed by atoms with van der Waals surface area (Å²) in [5.74, 6) is 0.746. The van der Waals surface area contributed by atoms with Crippen LogP contribution in [0.3, 0.4) is 0 Å². The maximum atomic E-state index is 13.5. The van der Waals surface area contributed by atoms with Gasteiger partial charge in [-0.1, -0.05) is 11.8 Å². The molecule has 8 nitrogen and oxygen atoms in total. The highest BCUT2D eigenvalue weighted by Crippen LogP contribution is 2.43. The first-order valence-corrected chi connectivity index (χ1v) is 12.2. The molecule has 12 heteroatoms. The predicted molar refractivity (Wildman–Crippen MR) is 125 cm³/mol. The third-order valence-corrected chi connectivity index (χ3v) is 8.35. The summed E-state index contributed by atoms with van der Waals surface area (Å²) in [7, 11) is 0. The van der Waals surface area contributed by atoms with Crippen LogP contribution >= 0.6 is 11.8 Å². The van der Waals surface area contributed by atoms with Gasteiger partial charge >= 0.3 is 6.18 Å². The zero-order chi connectivity index (χ0) is 24.4. The Bertz CT molecular complexity index is 1390. The number of piperidine rings is 1. The van der Waals surface area contributed by atoms with Crippen LogP contribution in [0, 0.1) is 5.41 Å². The van der Waals surface area contributed by atoms with Gasteiger partial charge in [0.15, 0.2) is 11.3 Å². The Morgan fingerprint density at radius 1 is 1.20 bits per heavy atom. The average molecular weight is 504 g/mol. The first kappa shape index (κ1) is 22.6. The van der Waals surface area contributed by atoms with Crippen LogP contribution in [-0.4, -0.2) is 56.2 Å². The first-order valence-electron chi connectivity index (χ1n) is 11.4. The van der Waals surface area contributed by atoms with E-state index in [1.807, 2.05) is 17.5 Å². The van der Waals surface area contributed by atoms with E-state index >= 15 is 0 Å². The Balaban J connectivity index is 1.35. The number of anilines is 1. The summed E-state index contributed by atoms with van der Waals surface area (Å²) in [5.41, 5.74) is 6.77. The molecule has 0 aromatic carbocycles. The van der Waals surface area contributed by atoms with Crippen LogP contribution in [0.5, 0.6) is 0 Å². The predicted octanol–water partition coefficient (Wildman–Crippen LogP) is 4.11. The molecule has 6 rings (SSSR count). The van der Waals surface area contributed by atoms with Crippen molar-refractivity contribution in [1.82, 2.24) is 24.3 Å². The lowest BCUT2D eigenvalue weighted by Crippen LogP contribution is -2.51. The van der Waals surface area contributed by atoms with E-state index in [1.54, 1.807) is 12.4 Å². The van der Waals surface area contributed by atoms with Crippen molar-refractivity contribution in [2.24, 2.45) is 11.1 Å². The number of nitrogens with two attached hydrogens (primary N) is 1. The maximum absolute atomic E-state index is 13.5. The van der Waals surface area contributed by atoms with E-state index < -0.39 is 11.9 Å². The van der Waals surface area contributed by atoms with Crippen molar-refractivity contribution in [3.63, 3.8) is 0 Å². The second-order valence-electron chi connectivity index (χ2n) is 9.25. The van der Waals surface area contributed by atoms with Gasteiger partial charge < -0.3 is 20.4 Å². The molecule has 0 unspecified atom stereocenters. The van der Waals surface area contributed by atoms with Crippen molar-refractivity contribution < 1.29 is 17.9 Å². The summed E-state index contributed by atoms with van der Waals surface area (Å²) in [5, 5.41) is 0.675. The number of nitrogens with zero attached hydrogens (tertiary/aromatic N) is 5. The van der Waals surface area contributed by atoms with Gasteiger partial charge in [-0.25, -0.2) is 4.98 Å². The fourth-order valence-corrected chi connectivity index (χ4v) is 6.29. The molecule has 1 spiro atoms. The van der Waals surface area contributed by atoms with Crippen LogP contribution in [0.4, 0.5) is 19.1 Å². The van der Waals surface area contributed by atoms with Crippen LogP contribution in [0.1, 0.15) is 25.5 Å². The number of nitrogens with one attached hydrogen (secondary N) is 1. The molecule has 2 fully saturated rings. The largest absolute Gasteiger partial charge is 0.434 e. The fraction of sp³-hybridized carbons (Fsp3) is 0.435. The number of pyridine rings is 1. The monoisotopic (exact) mass is 503 g/mol. The van der Waals surface area contributed by atoms with E-state index in [9.17, 15) is 13.2 Å². The van der Waals surface area contributed by atoms with Crippen molar-refractivity contribution in [3.05, 3.63) is 42.6 Å². The van der Waals surface area contributed by atoms with Crippen LogP contribution in [0.25, 0.3) is 16.7 Å². The number of fused-ring (bicyclic) bond motifs is 3. The van der Waals surface area contributed by atoms with Gasteiger partial charge in [0.25, 0.3) is 0 Å². The van der Waals surface area contributed by atoms with Gasteiger partial charge in [-0.15, -0.1) is 0 Å². The van der Waals surface area contributed by atoms with Crippen molar-refractivity contribution in [2.75, 3.05) is 24.6 Å². The third kappa shape index (κ3) is 3.66. The second kappa shape index (κ2) is 8.10. The third-order valence-electron chi connectivity index (χ3n) is 7.26. The average Bonchev–Trinajstić information content (AvgIpc) is 3.54. The van der Waals surface area contributed by atoms with Gasteiger partial charge in [0.2, 0.25) is 5.95 Å². The number of aromatic amines is 1. The Morgan fingerprint density at radius 3 is 2.71 bits per heavy atom. The Hall–Kier alpha value is -2.83. The molecular formula is C23H24F3N7OS. The van der Waals surface area contributed by atoms with E-state index in [0.29, 0.717) is 28.2 Å². The summed E-state index contributed by atoms with van der Waals surface area (Å²) >= 11 is 1.00. The summed E-state index contributed by atoms with van der Waals surface area (Å²) in [6, 6.07) is 2.94. The molecule has 2 aliphatic heterocycles. The first-order chi connectivity index (χ1) is 16.8. The summed E-state index contributed by atoms with van der Waals surface area (Å²) in [4.78, 5) is 18.9. The fourth-order valence-electron chi connectivity index (χ4n) is 5.24. The number of imidazole rings is 1. The molecule has 184 valence electrons. The number of halogens is 3. The van der Waals surface area contributed by atoms with E-state index in [2.05, 4.69) is 19.9 Å². The number of H-pyrrole nitrogens is 1. The van der Waals surface area contributed by atoms with E-state index in [-0.39, 0.29) is 22.5 Å². The molecule has 0 aliphatic carbocycles. The normalized spacial score (nSPS) is 22.6. The molecule has 4 aromatic rings. The molecule has 4 aromatic heterocycles. The minimum absolute atomic E-state index is 0.00970. The number of aromatic nitrogens is 5. The maximum Gasteiger partial charge on any atom is 0.434 e. The lowest BCUT2D eigenvalue weighted by molar-refractivity contribution is -0.143. The topological polar surface area (TPSA) is 97.4 Å². The number of alkyl halides is 3. The lowest BCUT2D eigenvalue weighted by Gasteiger charge is -2.41. The Labute approximate surface area is 203 Å². The Morgan fingerprint density at radius 2 is 2.00 bits per heavy atom. The highest BCUT2D eigenvalue weighted by Gasteiger charge is 2.48. The molecule has 35 heavy (non-hydrogen) atoms. The van der Waals surface area contributed by atoms with Gasteiger partial charge in [0.05, 0.1) is 18.1 Å². The number of rotatable bonds is 3. The van der Waals surface area contributed by atoms with E-state index in [0.717, 1.165) is 49.8 Å². The van der Waals surface area contributed by atoms with Crippen LogP contribution in [0.15, 0.2) is 46.7 Å². The van der Waals surface area contributed by atoms with Crippen molar-refractivity contribution in [3.8, 4) is 0 Å². The molecule has 3 N–H and O–H groups in total. The minimum Gasteiger partial charge on any atom is -0.376 e. The SMILES string of the molecule is C[C@@H]1OCC2(CCN(c3nc4[nH]cc(Sc5cccnc5C(F)(F)F)c4c4nccn34)CC2)[C@@H]1N. The van der Waals surface area contributed by atoms with Crippen LogP contribution in [0.2, 0.25) is 0 Å². The highest BCUT2D eigenvalue weighted by molar-refractivity contribution is 7.99. The van der Waals surface area contributed by atoms with Crippen molar-refractivity contribution in [2.45, 2.75) is 47.9 Å². The van der Waals surface area contributed by atoms with Crippen molar-refractivity contribution in [1.29, 1.82) is 0 Å². The zero-order valence-corrected chi connectivity index (χ0v) is 19.7. The standard InChI is InChI=1S/C23H24F3N7OS/c1-13-17(27)22(12-34-13)4-8-32(9-5-22)21-31-19-16(20-29-7-10-33(20)21)15(11-30-19)35-14-3-2-6-28-18(14)23(24,25)26/h2-3,6-7,10-11,13,17,30H,4-5,8-9,12,27H2,1H3/t13-,17+/m0/s1. The summed E-state index contributed by atoms with van der Waals surface area (Å²) < 4.78 is 48.2. The minimum atomic E-state index is -4.54. The van der Waals surface area contributed by atoms with E-state index in [1.165, 1.54) is 12.1 Å². The molecule has 2 aliphatic rings. The van der Waals surface area contributed by atoms with Crippen molar-refractivity contribution >= 4 is 34.4 Å². The van der Waals surface area contributed by atoms with Gasteiger partial charge in [0.1, 0.15) is 5.65 Å². The zero-order valence-electron chi connectivity index (χ0n) is 18.9. The molecule has 0 bridgehead atoms. The molecule has 2 saturated heterocycles.